The fourth-order valence-corrected chi connectivity index (χ4v) is 2.21. The maximum absolute atomic E-state index is 11.6. The minimum absolute atomic E-state index is 0.0801. The summed E-state index contributed by atoms with van der Waals surface area (Å²) in [5.74, 6) is 0.422. The number of rotatable bonds is 5. The molecule has 0 aliphatic carbocycles. The molecule has 0 spiro atoms. The summed E-state index contributed by atoms with van der Waals surface area (Å²) in [4.78, 5) is 12.7. The quantitative estimate of drug-likeness (QED) is 0.784. The molecule has 3 N–H and O–H groups in total. The van der Waals surface area contributed by atoms with Crippen molar-refractivity contribution in [3.8, 4) is 0 Å². The van der Waals surface area contributed by atoms with Gasteiger partial charge in [-0.25, -0.2) is 4.79 Å². The highest BCUT2D eigenvalue weighted by Gasteiger charge is 2.26. The van der Waals surface area contributed by atoms with E-state index in [-0.39, 0.29) is 12.6 Å². The van der Waals surface area contributed by atoms with Gasteiger partial charge in [0, 0.05) is 4.88 Å². The molecule has 5 nitrogen and oxygen atoms in total. The van der Waals surface area contributed by atoms with Crippen LogP contribution in [0, 0.1) is 0 Å². The van der Waals surface area contributed by atoms with Crippen molar-refractivity contribution < 1.29 is 14.3 Å². The standard InChI is InChI=1S/C13H16N2O3S/c1-13(17,11-5-2-6-18-11)9-15-12(16)14-8-10-4-3-7-19-10/h2-7,17H,8-9H2,1H3,(H2,14,15,16). The van der Waals surface area contributed by atoms with Crippen LogP contribution in [0.15, 0.2) is 40.3 Å². The summed E-state index contributed by atoms with van der Waals surface area (Å²) in [5.41, 5.74) is -1.22. The van der Waals surface area contributed by atoms with Gasteiger partial charge in [0.25, 0.3) is 0 Å². The topological polar surface area (TPSA) is 74.5 Å². The second-order valence-corrected chi connectivity index (χ2v) is 5.40. The smallest absolute Gasteiger partial charge is 0.315 e. The van der Waals surface area contributed by atoms with Crippen LogP contribution in [-0.4, -0.2) is 17.7 Å². The molecule has 0 radical (unpaired) electrons. The van der Waals surface area contributed by atoms with Crippen LogP contribution in [0.5, 0.6) is 0 Å². The summed E-state index contributed by atoms with van der Waals surface area (Å²) in [6.45, 7) is 2.15. The molecular weight excluding hydrogens is 264 g/mol. The van der Waals surface area contributed by atoms with Crippen LogP contribution < -0.4 is 10.6 Å². The van der Waals surface area contributed by atoms with Crippen molar-refractivity contribution in [2.75, 3.05) is 6.54 Å². The van der Waals surface area contributed by atoms with Crippen molar-refractivity contribution in [1.82, 2.24) is 10.6 Å². The Morgan fingerprint density at radius 3 is 2.89 bits per heavy atom. The van der Waals surface area contributed by atoms with Crippen LogP contribution in [-0.2, 0) is 12.1 Å². The molecule has 0 saturated heterocycles. The molecule has 1 atom stereocenters. The molecule has 102 valence electrons. The lowest BCUT2D eigenvalue weighted by atomic mass is 10.0. The molecule has 19 heavy (non-hydrogen) atoms. The summed E-state index contributed by atoms with van der Waals surface area (Å²) < 4.78 is 5.13. The second-order valence-electron chi connectivity index (χ2n) is 4.37. The first-order valence-electron chi connectivity index (χ1n) is 5.88. The molecule has 6 heteroatoms. The zero-order valence-electron chi connectivity index (χ0n) is 10.6. The molecule has 0 aromatic carbocycles. The SMILES string of the molecule is CC(O)(CNC(=O)NCc1cccs1)c1ccco1. The Balaban J connectivity index is 1.77. The van der Waals surface area contributed by atoms with Gasteiger partial charge in [-0.05, 0) is 30.5 Å². The van der Waals surface area contributed by atoms with E-state index < -0.39 is 5.60 Å². The number of furan rings is 1. The number of thiophene rings is 1. The fraction of sp³-hybridized carbons (Fsp3) is 0.308. The van der Waals surface area contributed by atoms with Gasteiger partial charge in [-0.15, -0.1) is 11.3 Å². The van der Waals surface area contributed by atoms with Gasteiger partial charge >= 0.3 is 6.03 Å². The monoisotopic (exact) mass is 280 g/mol. The predicted octanol–water partition coefficient (Wildman–Crippen LogP) is 2.05. The van der Waals surface area contributed by atoms with Crippen molar-refractivity contribution in [3.05, 3.63) is 46.5 Å². The van der Waals surface area contributed by atoms with Gasteiger partial charge in [-0.3, -0.25) is 0 Å². The summed E-state index contributed by atoms with van der Waals surface area (Å²) in [6, 6.07) is 6.93. The van der Waals surface area contributed by atoms with Crippen LogP contribution >= 0.6 is 11.3 Å². The molecule has 2 heterocycles. The first kappa shape index (κ1) is 13.6. The minimum Gasteiger partial charge on any atom is -0.466 e. The Kier molecular flexibility index (Phi) is 4.24. The molecule has 2 aromatic heterocycles. The number of aliphatic hydroxyl groups is 1. The number of carbonyl (C=O) groups is 1. The number of carbonyl (C=O) groups excluding carboxylic acids is 1. The van der Waals surface area contributed by atoms with Gasteiger partial charge < -0.3 is 20.2 Å². The Morgan fingerprint density at radius 2 is 2.26 bits per heavy atom. The number of amides is 2. The molecule has 0 saturated carbocycles. The lowest BCUT2D eigenvalue weighted by molar-refractivity contribution is 0.0367. The van der Waals surface area contributed by atoms with Gasteiger partial charge in [0.2, 0.25) is 0 Å². The molecule has 0 fully saturated rings. The van der Waals surface area contributed by atoms with Gasteiger partial charge in [-0.1, -0.05) is 6.07 Å². The van der Waals surface area contributed by atoms with Crippen molar-refractivity contribution in [3.63, 3.8) is 0 Å². The predicted molar refractivity (Wildman–Crippen MR) is 72.8 cm³/mol. The molecule has 2 rings (SSSR count). The van der Waals surface area contributed by atoms with Gasteiger partial charge in [0.05, 0.1) is 19.4 Å². The Labute approximate surface area is 115 Å². The maximum atomic E-state index is 11.6. The summed E-state index contributed by atoms with van der Waals surface area (Å²) in [7, 11) is 0. The van der Waals surface area contributed by atoms with Crippen LogP contribution in [0.25, 0.3) is 0 Å². The minimum atomic E-state index is -1.22. The second kappa shape index (κ2) is 5.90. The molecule has 2 amide bonds. The van der Waals surface area contributed by atoms with E-state index in [2.05, 4.69) is 10.6 Å². The Morgan fingerprint density at radius 1 is 1.42 bits per heavy atom. The van der Waals surface area contributed by atoms with E-state index in [0.29, 0.717) is 12.3 Å². The van der Waals surface area contributed by atoms with Gasteiger partial charge in [0.15, 0.2) is 0 Å². The number of hydrogen-bond acceptors (Lipinski definition) is 4. The lowest BCUT2D eigenvalue weighted by Crippen LogP contribution is -2.43. The summed E-state index contributed by atoms with van der Waals surface area (Å²) in [6.07, 6.45) is 1.49. The van der Waals surface area contributed by atoms with E-state index in [9.17, 15) is 9.90 Å². The molecule has 0 aliphatic rings. The van der Waals surface area contributed by atoms with E-state index in [4.69, 9.17) is 4.42 Å². The van der Waals surface area contributed by atoms with E-state index in [0.717, 1.165) is 4.88 Å². The largest absolute Gasteiger partial charge is 0.466 e. The fourth-order valence-electron chi connectivity index (χ4n) is 1.57. The van der Waals surface area contributed by atoms with Crippen LogP contribution in [0.2, 0.25) is 0 Å². The van der Waals surface area contributed by atoms with Gasteiger partial charge in [-0.2, -0.15) is 0 Å². The number of nitrogens with one attached hydrogen (secondary N) is 2. The van der Waals surface area contributed by atoms with Crippen molar-refractivity contribution >= 4 is 17.4 Å². The van der Waals surface area contributed by atoms with Crippen LogP contribution in [0.3, 0.4) is 0 Å². The van der Waals surface area contributed by atoms with Crippen molar-refractivity contribution in [2.24, 2.45) is 0 Å². The first-order valence-corrected chi connectivity index (χ1v) is 6.76. The highest BCUT2D eigenvalue weighted by Crippen LogP contribution is 2.19. The third-order valence-corrected chi connectivity index (χ3v) is 3.52. The van der Waals surface area contributed by atoms with Gasteiger partial charge in [0.1, 0.15) is 11.4 Å². The van der Waals surface area contributed by atoms with Crippen molar-refractivity contribution in [2.45, 2.75) is 19.1 Å². The lowest BCUT2D eigenvalue weighted by Gasteiger charge is -2.21. The average Bonchev–Trinajstić information content (AvgIpc) is 3.06. The molecule has 0 aliphatic heterocycles. The average molecular weight is 280 g/mol. The Bertz CT molecular complexity index is 506. The normalized spacial score (nSPS) is 13.8. The highest BCUT2D eigenvalue weighted by atomic mass is 32.1. The van der Waals surface area contributed by atoms with Crippen LogP contribution in [0.4, 0.5) is 4.79 Å². The van der Waals surface area contributed by atoms with E-state index in [1.165, 1.54) is 6.26 Å². The molecular formula is C13H16N2O3S. The first-order chi connectivity index (χ1) is 9.08. The number of urea groups is 1. The number of hydrogen-bond donors (Lipinski definition) is 3. The van der Waals surface area contributed by atoms with E-state index >= 15 is 0 Å². The third kappa shape index (κ3) is 3.84. The zero-order valence-corrected chi connectivity index (χ0v) is 11.4. The Hall–Kier alpha value is -1.79. The molecule has 0 bridgehead atoms. The van der Waals surface area contributed by atoms with Crippen LogP contribution in [0.1, 0.15) is 17.6 Å². The van der Waals surface area contributed by atoms with Crippen molar-refractivity contribution in [1.29, 1.82) is 0 Å². The maximum Gasteiger partial charge on any atom is 0.315 e. The van der Waals surface area contributed by atoms with E-state index in [1.54, 1.807) is 30.4 Å². The third-order valence-electron chi connectivity index (χ3n) is 2.65. The zero-order chi connectivity index (χ0) is 13.7. The highest BCUT2D eigenvalue weighted by molar-refractivity contribution is 7.09. The summed E-state index contributed by atoms with van der Waals surface area (Å²) >= 11 is 1.58. The van der Waals surface area contributed by atoms with E-state index in [1.807, 2.05) is 17.5 Å². The molecule has 2 aromatic rings. The summed E-state index contributed by atoms with van der Waals surface area (Å²) in [5, 5.41) is 17.4. The molecule has 1 unspecified atom stereocenters.